The third kappa shape index (κ3) is 3.85. The second-order valence-electron chi connectivity index (χ2n) is 2.87. The molecule has 0 fully saturated rings. The highest BCUT2D eigenvalue weighted by atomic mass is 19.1. The van der Waals surface area contributed by atoms with Gasteiger partial charge in [-0.2, -0.15) is 0 Å². The summed E-state index contributed by atoms with van der Waals surface area (Å²) in [5, 5.41) is 3.19. The molecule has 0 aliphatic heterocycles. The quantitative estimate of drug-likeness (QED) is 0.539. The number of rotatable bonds is 5. The van der Waals surface area contributed by atoms with Crippen LogP contribution in [0.2, 0.25) is 0 Å². The first-order chi connectivity index (χ1) is 6.33. The summed E-state index contributed by atoms with van der Waals surface area (Å²) in [6.45, 7) is 5.33. The fraction of sp³-hybridized carbons (Fsp3) is 0.273. The summed E-state index contributed by atoms with van der Waals surface area (Å²) in [7, 11) is 0. The minimum absolute atomic E-state index is 0.178. The Balaban J connectivity index is 2.28. The summed E-state index contributed by atoms with van der Waals surface area (Å²) >= 11 is 0. The van der Waals surface area contributed by atoms with E-state index in [4.69, 9.17) is 0 Å². The monoisotopic (exact) mass is 179 g/mol. The molecule has 0 amide bonds. The van der Waals surface area contributed by atoms with Crippen molar-refractivity contribution >= 4 is 0 Å². The van der Waals surface area contributed by atoms with Gasteiger partial charge in [-0.25, -0.2) is 4.39 Å². The summed E-state index contributed by atoms with van der Waals surface area (Å²) in [4.78, 5) is 0. The second-order valence-corrected chi connectivity index (χ2v) is 2.87. The molecule has 1 aromatic rings. The zero-order chi connectivity index (χ0) is 9.52. The molecule has 13 heavy (non-hydrogen) atoms. The predicted molar refractivity (Wildman–Crippen MR) is 53.2 cm³/mol. The van der Waals surface area contributed by atoms with E-state index in [0.717, 1.165) is 25.1 Å². The van der Waals surface area contributed by atoms with Gasteiger partial charge in [-0.3, -0.25) is 0 Å². The molecule has 0 spiro atoms. The summed E-state index contributed by atoms with van der Waals surface area (Å²) in [6.07, 6.45) is 2.75. The Morgan fingerprint density at radius 1 is 1.31 bits per heavy atom. The maximum Gasteiger partial charge on any atom is 0.123 e. The Labute approximate surface area is 78.3 Å². The van der Waals surface area contributed by atoms with Crippen molar-refractivity contribution in [2.24, 2.45) is 0 Å². The van der Waals surface area contributed by atoms with Crippen LogP contribution in [0.15, 0.2) is 36.9 Å². The van der Waals surface area contributed by atoms with Gasteiger partial charge in [0.25, 0.3) is 0 Å². The van der Waals surface area contributed by atoms with Crippen molar-refractivity contribution in [2.45, 2.75) is 6.42 Å². The first kappa shape index (κ1) is 9.93. The fourth-order valence-corrected chi connectivity index (χ4v) is 1.09. The third-order valence-corrected chi connectivity index (χ3v) is 1.79. The molecule has 0 saturated heterocycles. The average Bonchev–Trinajstić information content (AvgIpc) is 2.15. The number of hydrogen-bond acceptors (Lipinski definition) is 1. The zero-order valence-corrected chi connectivity index (χ0v) is 7.59. The Kier molecular flexibility index (Phi) is 4.19. The van der Waals surface area contributed by atoms with Crippen molar-refractivity contribution in [1.82, 2.24) is 5.32 Å². The molecular formula is C11H14FN. The van der Waals surface area contributed by atoms with Gasteiger partial charge in [0.1, 0.15) is 5.82 Å². The lowest BCUT2D eigenvalue weighted by molar-refractivity contribution is 0.626. The van der Waals surface area contributed by atoms with E-state index in [0.29, 0.717) is 0 Å². The van der Waals surface area contributed by atoms with Crippen LogP contribution in [0.3, 0.4) is 0 Å². The molecule has 1 aromatic carbocycles. The highest BCUT2D eigenvalue weighted by molar-refractivity contribution is 5.16. The first-order valence-corrected chi connectivity index (χ1v) is 4.39. The molecule has 0 aliphatic rings. The Hall–Kier alpha value is -1.15. The van der Waals surface area contributed by atoms with Gasteiger partial charge in [0.05, 0.1) is 0 Å². The fourth-order valence-electron chi connectivity index (χ4n) is 1.09. The van der Waals surface area contributed by atoms with Gasteiger partial charge < -0.3 is 5.32 Å². The highest BCUT2D eigenvalue weighted by Gasteiger charge is 1.92. The Morgan fingerprint density at radius 3 is 2.62 bits per heavy atom. The van der Waals surface area contributed by atoms with Crippen molar-refractivity contribution < 1.29 is 4.39 Å². The van der Waals surface area contributed by atoms with E-state index in [2.05, 4.69) is 11.9 Å². The maximum atomic E-state index is 12.5. The van der Waals surface area contributed by atoms with Crippen molar-refractivity contribution in [3.05, 3.63) is 48.3 Å². The van der Waals surface area contributed by atoms with Crippen LogP contribution in [0.1, 0.15) is 5.56 Å². The molecule has 0 aromatic heterocycles. The molecule has 0 unspecified atom stereocenters. The van der Waals surface area contributed by atoms with Gasteiger partial charge in [0.15, 0.2) is 0 Å². The summed E-state index contributed by atoms with van der Waals surface area (Å²) < 4.78 is 12.5. The summed E-state index contributed by atoms with van der Waals surface area (Å²) in [6, 6.07) is 6.60. The molecule has 0 heterocycles. The molecule has 1 N–H and O–H groups in total. The van der Waals surface area contributed by atoms with Crippen LogP contribution in [0.5, 0.6) is 0 Å². The molecule has 0 radical (unpaired) electrons. The van der Waals surface area contributed by atoms with Crippen molar-refractivity contribution in [3.63, 3.8) is 0 Å². The Morgan fingerprint density at radius 2 is 2.00 bits per heavy atom. The summed E-state index contributed by atoms with van der Waals surface area (Å²) in [5.74, 6) is -0.178. The molecular weight excluding hydrogens is 165 g/mol. The third-order valence-electron chi connectivity index (χ3n) is 1.79. The van der Waals surface area contributed by atoms with E-state index in [1.54, 1.807) is 0 Å². The van der Waals surface area contributed by atoms with Gasteiger partial charge in [-0.1, -0.05) is 18.2 Å². The smallest absolute Gasteiger partial charge is 0.123 e. The predicted octanol–water partition coefficient (Wildman–Crippen LogP) is 2.14. The zero-order valence-electron chi connectivity index (χ0n) is 7.59. The molecule has 0 bridgehead atoms. The highest BCUT2D eigenvalue weighted by Crippen LogP contribution is 2.02. The van der Waals surface area contributed by atoms with Gasteiger partial charge in [-0.15, -0.1) is 6.58 Å². The lowest BCUT2D eigenvalue weighted by Crippen LogP contribution is -2.16. The largest absolute Gasteiger partial charge is 0.313 e. The molecule has 0 aliphatic carbocycles. The molecule has 1 nitrogen and oxygen atoms in total. The molecule has 0 atom stereocenters. The SMILES string of the molecule is C=CCNCCc1ccc(F)cc1. The van der Waals surface area contributed by atoms with Crippen molar-refractivity contribution in [3.8, 4) is 0 Å². The molecule has 1 rings (SSSR count). The lowest BCUT2D eigenvalue weighted by Gasteiger charge is -2.01. The van der Waals surface area contributed by atoms with Crippen LogP contribution in [0.25, 0.3) is 0 Å². The second kappa shape index (κ2) is 5.49. The van der Waals surface area contributed by atoms with Gasteiger partial charge in [0.2, 0.25) is 0 Å². The van der Waals surface area contributed by atoms with Gasteiger partial charge >= 0.3 is 0 Å². The van der Waals surface area contributed by atoms with Crippen LogP contribution in [-0.4, -0.2) is 13.1 Å². The standard InChI is InChI=1S/C11H14FN/c1-2-8-13-9-7-10-3-5-11(12)6-4-10/h2-6,13H,1,7-9H2. The van der Waals surface area contributed by atoms with Crippen LogP contribution < -0.4 is 5.32 Å². The summed E-state index contributed by atoms with van der Waals surface area (Å²) in [5.41, 5.74) is 1.15. The minimum Gasteiger partial charge on any atom is -0.313 e. The average molecular weight is 179 g/mol. The molecule has 70 valence electrons. The van der Waals surface area contributed by atoms with E-state index in [9.17, 15) is 4.39 Å². The van der Waals surface area contributed by atoms with Gasteiger partial charge in [0, 0.05) is 6.54 Å². The minimum atomic E-state index is -0.178. The van der Waals surface area contributed by atoms with E-state index in [1.165, 1.54) is 12.1 Å². The Bertz CT molecular complexity index is 253. The van der Waals surface area contributed by atoms with Crippen LogP contribution in [-0.2, 0) is 6.42 Å². The van der Waals surface area contributed by atoms with E-state index >= 15 is 0 Å². The van der Waals surface area contributed by atoms with Crippen molar-refractivity contribution in [2.75, 3.05) is 13.1 Å². The number of benzene rings is 1. The van der Waals surface area contributed by atoms with Crippen LogP contribution in [0.4, 0.5) is 4.39 Å². The number of nitrogens with one attached hydrogen (secondary N) is 1. The maximum absolute atomic E-state index is 12.5. The van der Waals surface area contributed by atoms with E-state index in [1.807, 2.05) is 18.2 Å². The first-order valence-electron chi connectivity index (χ1n) is 4.39. The van der Waals surface area contributed by atoms with Gasteiger partial charge in [-0.05, 0) is 30.7 Å². The van der Waals surface area contributed by atoms with E-state index < -0.39 is 0 Å². The lowest BCUT2D eigenvalue weighted by atomic mass is 10.1. The van der Waals surface area contributed by atoms with Crippen LogP contribution >= 0.6 is 0 Å². The topological polar surface area (TPSA) is 12.0 Å². The molecule has 0 saturated carbocycles. The van der Waals surface area contributed by atoms with E-state index in [-0.39, 0.29) is 5.82 Å². The normalized spacial score (nSPS) is 9.92. The number of halogens is 1. The van der Waals surface area contributed by atoms with Crippen LogP contribution in [0, 0.1) is 5.82 Å². The number of hydrogen-bond donors (Lipinski definition) is 1. The van der Waals surface area contributed by atoms with Crippen molar-refractivity contribution in [1.29, 1.82) is 0 Å². The molecule has 2 heteroatoms.